The summed E-state index contributed by atoms with van der Waals surface area (Å²) in [4.78, 5) is 8.41. The number of aryl methyl sites for hydroxylation is 1. The number of aromatic amines is 1. The highest BCUT2D eigenvalue weighted by molar-refractivity contribution is 5.78. The molecule has 0 bridgehead atoms. The summed E-state index contributed by atoms with van der Waals surface area (Å²) in [6, 6.07) is 10.4. The van der Waals surface area contributed by atoms with Crippen molar-refractivity contribution >= 4 is 17.4 Å². The standard InChI is InChI=1S/C25H21F3N8O/c1-2-14-3-6-19(18(27)13-14)31-22-16(4-5-17(26)21(22)28)24-35-36-25(37-24)30-12-9-20-32-23(34-33-20)15-7-10-29-11-8-15/h3-8,10-11,13,31H,2,9,12H2,1H3,(H,30,36)(H,32,33,34). The second-order valence-corrected chi connectivity index (χ2v) is 8.01. The number of rotatable bonds is 9. The Morgan fingerprint density at radius 2 is 1.81 bits per heavy atom. The molecule has 0 fully saturated rings. The Morgan fingerprint density at radius 3 is 2.59 bits per heavy atom. The average molecular weight is 506 g/mol. The highest BCUT2D eigenvalue weighted by Crippen LogP contribution is 2.34. The number of hydrogen-bond acceptors (Lipinski definition) is 8. The third-order valence-corrected chi connectivity index (χ3v) is 5.56. The van der Waals surface area contributed by atoms with Gasteiger partial charge in [-0.1, -0.05) is 18.1 Å². The van der Waals surface area contributed by atoms with E-state index in [2.05, 4.69) is 41.0 Å². The van der Waals surface area contributed by atoms with Gasteiger partial charge in [0.15, 0.2) is 17.5 Å². The molecule has 0 spiro atoms. The van der Waals surface area contributed by atoms with Gasteiger partial charge >= 0.3 is 6.01 Å². The lowest BCUT2D eigenvalue weighted by atomic mass is 10.1. The van der Waals surface area contributed by atoms with Gasteiger partial charge in [-0.15, -0.1) is 5.10 Å². The summed E-state index contributed by atoms with van der Waals surface area (Å²) in [5.74, 6) is -1.78. The van der Waals surface area contributed by atoms with Crippen molar-refractivity contribution in [2.75, 3.05) is 17.2 Å². The van der Waals surface area contributed by atoms with Crippen molar-refractivity contribution in [2.45, 2.75) is 19.8 Å². The fraction of sp³-hybridized carbons (Fsp3) is 0.160. The number of anilines is 3. The van der Waals surface area contributed by atoms with E-state index in [1.807, 2.05) is 6.92 Å². The van der Waals surface area contributed by atoms with Crippen molar-refractivity contribution < 1.29 is 17.6 Å². The van der Waals surface area contributed by atoms with Gasteiger partial charge in [-0.05, 0) is 48.4 Å². The van der Waals surface area contributed by atoms with Crippen LogP contribution in [0.5, 0.6) is 0 Å². The van der Waals surface area contributed by atoms with Crippen molar-refractivity contribution in [1.29, 1.82) is 0 Å². The minimum Gasteiger partial charge on any atom is -0.403 e. The second kappa shape index (κ2) is 10.5. The fourth-order valence-corrected chi connectivity index (χ4v) is 3.59. The van der Waals surface area contributed by atoms with E-state index in [1.54, 1.807) is 30.6 Å². The highest BCUT2D eigenvalue weighted by atomic mass is 19.2. The van der Waals surface area contributed by atoms with Gasteiger partial charge in [0.05, 0.1) is 16.9 Å². The minimum atomic E-state index is -1.19. The molecule has 3 heterocycles. The number of hydrogen-bond donors (Lipinski definition) is 3. The van der Waals surface area contributed by atoms with Crippen molar-refractivity contribution in [2.24, 2.45) is 0 Å². The lowest BCUT2D eigenvalue weighted by Crippen LogP contribution is -2.06. The zero-order chi connectivity index (χ0) is 25.8. The molecule has 0 aliphatic carbocycles. The molecular formula is C25H21F3N8O. The van der Waals surface area contributed by atoms with E-state index in [9.17, 15) is 13.2 Å². The van der Waals surface area contributed by atoms with Gasteiger partial charge in [0.25, 0.3) is 5.89 Å². The molecule has 2 aromatic carbocycles. The Balaban J connectivity index is 1.29. The maximum absolute atomic E-state index is 14.7. The van der Waals surface area contributed by atoms with E-state index in [0.29, 0.717) is 31.0 Å². The molecule has 0 amide bonds. The molecule has 37 heavy (non-hydrogen) atoms. The Morgan fingerprint density at radius 1 is 0.973 bits per heavy atom. The van der Waals surface area contributed by atoms with Crippen LogP contribution in [-0.4, -0.2) is 36.9 Å². The maximum atomic E-state index is 14.7. The molecule has 0 aliphatic heterocycles. The first-order valence-electron chi connectivity index (χ1n) is 11.4. The Hall–Kier alpha value is -4.74. The lowest BCUT2D eigenvalue weighted by molar-refractivity contribution is 0.511. The zero-order valence-corrected chi connectivity index (χ0v) is 19.6. The maximum Gasteiger partial charge on any atom is 0.315 e. The van der Waals surface area contributed by atoms with Crippen LogP contribution in [0.3, 0.4) is 0 Å². The van der Waals surface area contributed by atoms with Crippen LogP contribution in [0.25, 0.3) is 22.8 Å². The van der Waals surface area contributed by atoms with Crippen LogP contribution in [0.1, 0.15) is 18.3 Å². The predicted molar refractivity (Wildman–Crippen MR) is 131 cm³/mol. The van der Waals surface area contributed by atoms with Crippen molar-refractivity contribution in [3.8, 4) is 22.8 Å². The van der Waals surface area contributed by atoms with Gasteiger partial charge in [0.1, 0.15) is 11.6 Å². The van der Waals surface area contributed by atoms with Crippen LogP contribution in [0.15, 0.2) is 59.3 Å². The Labute approximate surface area is 209 Å². The normalized spacial score (nSPS) is 11.0. The van der Waals surface area contributed by atoms with Crippen LogP contribution in [0.4, 0.5) is 30.6 Å². The number of nitrogens with zero attached hydrogens (tertiary/aromatic N) is 5. The summed E-state index contributed by atoms with van der Waals surface area (Å²) in [5, 5.41) is 20.5. The van der Waals surface area contributed by atoms with E-state index in [4.69, 9.17) is 4.42 Å². The van der Waals surface area contributed by atoms with Crippen LogP contribution in [-0.2, 0) is 12.8 Å². The van der Waals surface area contributed by atoms with Crippen LogP contribution >= 0.6 is 0 Å². The van der Waals surface area contributed by atoms with E-state index in [1.165, 1.54) is 18.2 Å². The first-order chi connectivity index (χ1) is 18.0. The number of halogens is 3. The van der Waals surface area contributed by atoms with E-state index in [-0.39, 0.29) is 28.8 Å². The molecule has 9 nitrogen and oxygen atoms in total. The quantitative estimate of drug-likeness (QED) is 0.247. The molecule has 3 N–H and O–H groups in total. The first-order valence-corrected chi connectivity index (χ1v) is 11.4. The van der Waals surface area contributed by atoms with Crippen LogP contribution in [0, 0.1) is 17.5 Å². The number of benzene rings is 2. The largest absolute Gasteiger partial charge is 0.403 e. The molecule has 3 aromatic heterocycles. The molecule has 12 heteroatoms. The first kappa shape index (κ1) is 24.0. The summed E-state index contributed by atoms with van der Waals surface area (Å²) >= 11 is 0. The van der Waals surface area contributed by atoms with Gasteiger partial charge in [0.2, 0.25) is 0 Å². The topological polar surface area (TPSA) is 117 Å². The summed E-state index contributed by atoms with van der Waals surface area (Å²) < 4.78 is 48.9. The summed E-state index contributed by atoms with van der Waals surface area (Å²) in [6.07, 6.45) is 4.43. The number of nitrogens with one attached hydrogen (secondary N) is 3. The van der Waals surface area contributed by atoms with Crippen molar-refractivity contribution in [3.05, 3.63) is 83.7 Å². The molecule has 0 atom stereocenters. The van der Waals surface area contributed by atoms with Crippen LogP contribution < -0.4 is 10.6 Å². The molecule has 188 valence electrons. The monoisotopic (exact) mass is 506 g/mol. The van der Waals surface area contributed by atoms with E-state index in [0.717, 1.165) is 17.2 Å². The zero-order valence-electron chi connectivity index (χ0n) is 19.6. The third kappa shape index (κ3) is 5.27. The van der Waals surface area contributed by atoms with Gasteiger partial charge < -0.3 is 15.1 Å². The molecule has 0 saturated heterocycles. The number of H-pyrrole nitrogens is 1. The fourth-order valence-electron chi connectivity index (χ4n) is 3.59. The molecule has 0 unspecified atom stereocenters. The lowest BCUT2D eigenvalue weighted by Gasteiger charge is -2.13. The van der Waals surface area contributed by atoms with E-state index >= 15 is 0 Å². The van der Waals surface area contributed by atoms with Crippen LogP contribution in [0.2, 0.25) is 0 Å². The Bertz CT molecular complexity index is 1520. The van der Waals surface area contributed by atoms with Gasteiger partial charge in [-0.2, -0.15) is 5.10 Å². The number of aromatic nitrogens is 6. The molecule has 0 aliphatic rings. The Kier molecular flexibility index (Phi) is 6.79. The average Bonchev–Trinajstić information content (AvgIpc) is 3.59. The predicted octanol–water partition coefficient (Wildman–Crippen LogP) is 5.29. The van der Waals surface area contributed by atoms with E-state index < -0.39 is 17.5 Å². The number of pyridine rings is 1. The summed E-state index contributed by atoms with van der Waals surface area (Å²) in [7, 11) is 0. The third-order valence-electron chi connectivity index (χ3n) is 5.56. The SMILES string of the molecule is CCc1ccc(Nc2c(-c3nnc(NCCc4nc(-c5ccncc5)n[nH]4)o3)ccc(F)c2F)c(F)c1. The summed E-state index contributed by atoms with van der Waals surface area (Å²) in [5.41, 5.74) is 1.36. The second-order valence-electron chi connectivity index (χ2n) is 8.01. The molecule has 5 aromatic rings. The molecule has 0 radical (unpaired) electrons. The highest BCUT2D eigenvalue weighted by Gasteiger charge is 2.21. The van der Waals surface area contributed by atoms with Crippen molar-refractivity contribution in [3.63, 3.8) is 0 Å². The summed E-state index contributed by atoms with van der Waals surface area (Å²) in [6.45, 7) is 2.27. The van der Waals surface area contributed by atoms with Gasteiger partial charge in [-0.25, -0.2) is 18.2 Å². The van der Waals surface area contributed by atoms with Crippen molar-refractivity contribution in [1.82, 2.24) is 30.4 Å². The minimum absolute atomic E-state index is 0.0148. The molecule has 5 rings (SSSR count). The molecule has 0 saturated carbocycles. The van der Waals surface area contributed by atoms with Gasteiger partial charge in [0, 0.05) is 30.9 Å². The smallest absolute Gasteiger partial charge is 0.315 e. The van der Waals surface area contributed by atoms with Gasteiger partial charge in [-0.3, -0.25) is 10.1 Å². The molecular weight excluding hydrogens is 485 g/mol.